The van der Waals surface area contributed by atoms with Gasteiger partial charge in [-0.05, 0) is 28.5 Å². The molecule has 0 saturated heterocycles. The van der Waals surface area contributed by atoms with E-state index in [1.54, 1.807) is 17.5 Å². The lowest BCUT2D eigenvalue weighted by Crippen LogP contribution is -1.80. The van der Waals surface area contributed by atoms with Crippen molar-refractivity contribution >= 4 is 22.4 Å². The molecule has 0 unspecified atom stereocenters. The smallest absolute Gasteiger partial charge is 0.138 e. The second-order valence-electron chi connectivity index (χ2n) is 3.45. The van der Waals surface area contributed by atoms with Crippen molar-refractivity contribution in [3.8, 4) is 17.2 Å². The molecule has 4 heteroatoms. The highest BCUT2D eigenvalue weighted by atomic mass is 32.1. The summed E-state index contributed by atoms with van der Waals surface area (Å²) in [4.78, 5) is 7.28. The van der Waals surface area contributed by atoms with Crippen LogP contribution in [-0.4, -0.2) is 9.97 Å². The number of fused-ring (bicyclic) bond motifs is 1. The Morgan fingerprint density at radius 2 is 2.31 bits per heavy atom. The predicted octanol–water partition coefficient (Wildman–Crippen LogP) is 3.16. The zero-order valence-corrected chi connectivity index (χ0v) is 9.08. The number of aromatic nitrogens is 2. The highest BCUT2D eigenvalue weighted by Gasteiger charge is 2.06. The summed E-state index contributed by atoms with van der Waals surface area (Å²) < 4.78 is 0. The van der Waals surface area contributed by atoms with Crippen molar-refractivity contribution in [2.45, 2.75) is 0 Å². The lowest BCUT2D eigenvalue weighted by molar-refractivity contribution is 1.32. The maximum absolute atomic E-state index is 8.95. The van der Waals surface area contributed by atoms with E-state index in [-0.39, 0.29) is 0 Å². The Balaban J connectivity index is 2.26. The summed E-state index contributed by atoms with van der Waals surface area (Å²) in [7, 11) is 0. The maximum atomic E-state index is 8.95. The third kappa shape index (κ3) is 1.30. The van der Waals surface area contributed by atoms with Crippen molar-refractivity contribution in [2.24, 2.45) is 0 Å². The number of thiophene rings is 1. The van der Waals surface area contributed by atoms with Crippen LogP contribution in [0.3, 0.4) is 0 Å². The molecule has 0 atom stereocenters. The first-order valence-corrected chi connectivity index (χ1v) is 5.72. The summed E-state index contributed by atoms with van der Waals surface area (Å²) >= 11 is 1.65. The number of pyridine rings is 1. The molecule has 3 aromatic heterocycles. The summed E-state index contributed by atoms with van der Waals surface area (Å²) in [6.07, 6.45) is 3.51. The zero-order valence-electron chi connectivity index (χ0n) is 8.27. The summed E-state index contributed by atoms with van der Waals surface area (Å²) in [6.45, 7) is 0. The van der Waals surface area contributed by atoms with E-state index in [9.17, 15) is 0 Å². The second-order valence-corrected chi connectivity index (χ2v) is 4.23. The first kappa shape index (κ1) is 9.13. The van der Waals surface area contributed by atoms with Gasteiger partial charge in [0.25, 0.3) is 0 Å². The van der Waals surface area contributed by atoms with Crippen LogP contribution < -0.4 is 0 Å². The van der Waals surface area contributed by atoms with Crippen LogP contribution in [0.25, 0.3) is 22.2 Å². The normalized spacial score (nSPS) is 10.4. The fourth-order valence-electron chi connectivity index (χ4n) is 1.68. The van der Waals surface area contributed by atoms with E-state index in [0.717, 1.165) is 22.2 Å². The van der Waals surface area contributed by atoms with Crippen LogP contribution in [0.1, 0.15) is 5.56 Å². The van der Waals surface area contributed by atoms with Gasteiger partial charge >= 0.3 is 0 Å². The minimum Gasteiger partial charge on any atom is -0.345 e. The van der Waals surface area contributed by atoms with E-state index in [0.29, 0.717) is 5.56 Å². The van der Waals surface area contributed by atoms with Crippen molar-refractivity contribution in [2.75, 3.05) is 0 Å². The zero-order chi connectivity index (χ0) is 11.0. The molecule has 0 fully saturated rings. The van der Waals surface area contributed by atoms with Gasteiger partial charge in [-0.3, -0.25) is 0 Å². The van der Waals surface area contributed by atoms with Crippen LogP contribution in [0, 0.1) is 11.3 Å². The van der Waals surface area contributed by atoms with Crippen LogP contribution >= 0.6 is 11.3 Å². The second kappa shape index (κ2) is 3.47. The van der Waals surface area contributed by atoms with Crippen LogP contribution in [-0.2, 0) is 0 Å². The van der Waals surface area contributed by atoms with E-state index in [1.807, 2.05) is 23.7 Å². The van der Waals surface area contributed by atoms with Crippen molar-refractivity contribution in [3.63, 3.8) is 0 Å². The number of aromatic amines is 1. The molecule has 0 spiro atoms. The molecule has 16 heavy (non-hydrogen) atoms. The molecule has 0 aliphatic heterocycles. The van der Waals surface area contributed by atoms with Gasteiger partial charge < -0.3 is 4.98 Å². The Morgan fingerprint density at radius 1 is 1.38 bits per heavy atom. The first-order valence-electron chi connectivity index (χ1n) is 4.78. The Labute approximate surface area is 96.0 Å². The topological polar surface area (TPSA) is 52.5 Å². The third-order valence-electron chi connectivity index (χ3n) is 2.51. The molecule has 0 aliphatic carbocycles. The van der Waals surface area contributed by atoms with Crippen molar-refractivity contribution in [3.05, 3.63) is 40.8 Å². The minimum atomic E-state index is 0.638. The van der Waals surface area contributed by atoms with Gasteiger partial charge in [-0.2, -0.15) is 16.6 Å². The SMILES string of the molecule is N#Cc1c[nH]c2ncc(-c3ccsc3)cc12. The molecule has 1 N–H and O–H groups in total. The molecule has 3 aromatic rings. The minimum absolute atomic E-state index is 0.638. The van der Waals surface area contributed by atoms with E-state index in [2.05, 4.69) is 21.4 Å². The van der Waals surface area contributed by atoms with E-state index >= 15 is 0 Å². The number of nitrogens with zero attached hydrogens (tertiary/aromatic N) is 2. The predicted molar refractivity (Wildman–Crippen MR) is 64.1 cm³/mol. The van der Waals surface area contributed by atoms with Gasteiger partial charge in [0.15, 0.2) is 0 Å². The highest BCUT2D eigenvalue weighted by molar-refractivity contribution is 7.08. The van der Waals surface area contributed by atoms with E-state index in [4.69, 9.17) is 5.26 Å². The first-order chi connectivity index (χ1) is 7.88. The van der Waals surface area contributed by atoms with E-state index < -0.39 is 0 Å². The molecule has 0 aromatic carbocycles. The summed E-state index contributed by atoms with van der Waals surface area (Å²) in [5.41, 5.74) is 3.59. The van der Waals surface area contributed by atoms with Crippen LogP contribution in [0.5, 0.6) is 0 Å². The summed E-state index contributed by atoms with van der Waals surface area (Å²) in [5.74, 6) is 0. The standard InChI is InChI=1S/C12H7N3S/c13-4-10-6-15-12-11(10)3-9(5-14-12)8-1-2-16-7-8/h1-3,5-7H,(H,14,15). The number of rotatable bonds is 1. The van der Waals surface area contributed by atoms with Gasteiger partial charge in [-0.1, -0.05) is 0 Å². The average Bonchev–Trinajstić information content (AvgIpc) is 2.97. The molecule has 0 bridgehead atoms. The molecule has 0 radical (unpaired) electrons. The van der Waals surface area contributed by atoms with Gasteiger partial charge in [0.05, 0.1) is 5.56 Å². The quantitative estimate of drug-likeness (QED) is 0.691. The van der Waals surface area contributed by atoms with Gasteiger partial charge in [-0.15, -0.1) is 0 Å². The van der Waals surface area contributed by atoms with Gasteiger partial charge in [0.2, 0.25) is 0 Å². The van der Waals surface area contributed by atoms with Crippen molar-refractivity contribution in [1.29, 1.82) is 5.26 Å². The number of hydrogen-bond donors (Lipinski definition) is 1. The average molecular weight is 225 g/mol. The van der Waals surface area contributed by atoms with Gasteiger partial charge in [0, 0.05) is 23.3 Å². The Kier molecular flexibility index (Phi) is 1.98. The van der Waals surface area contributed by atoms with Gasteiger partial charge in [-0.25, -0.2) is 4.98 Å². The molecular weight excluding hydrogens is 218 g/mol. The molecule has 3 nitrogen and oxygen atoms in total. The Hall–Kier alpha value is -2.12. The number of hydrogen-bond acceptors (Lipinski definition) is 3. The highest BCUT2D eigenvalue weighted by Crippen LogP contribution is 2.25. The monoisotopic (exact) mass is 225 g/mol. The van der Waals surface area contributed by atoms with Crippen LogP contribution in [0.4, 0.5) is 0 Å². The fourth-order valence-corrected chi connectivity index (χ4v) is 2.35. The molecule has 0 amide bonds. The Morgan fingerprint density at radius 3 is 3.06 bits per heavy atom. The molecule has 0 saturated carbocycles. The molecule has 76 valence electrons. The summed E-state index contributed by atoms with van der Waals surface area (Å²) in [5, 5.41) is 13.9. The molecule has 3 rings (SSSR count). The van der Waals surface area contributed by atoms with Crippen LogP contribution in [0.2, 0.25) is 0 Å². The number of nitriles is 1. The number of nitrogens with one attached hydrogen (secondary N) is 1. The number of H-pyrrole nitrogens is 1. The summed E-state index contributed by atoms with van der Waals surface area (Å²) in [6, 6.07) is 6.20. The van der Waals surface area contributed by atoms with Crippen molar-refractivity contribution in [1.82, 2.24) is 9.97 Å². The van der Waals surface area contributed by atoms with Crippen LogP contribution in [0.15, 0.2) is 35.3 Å². The lowest BCUT2D eigenvalue weighted by Gasteiger charge is -1.97. The lowest BCUT2D eigenvalue weighted by atomic mass is 10.1. The largest absolute Gasteiger partial charge is 0.345 e. The molecule has 3 heterocycles. The maximum Gasteiger partial charge on any atom is 0.138 e. The van der Waals surface area contributed by atoms with Gasteiger partial charge in [0.1, 0.15) is 11.7 Å². The van der Waals surface area contributed by atoms with Crippen molar-refractivity contribution < 1.29 is 0 Å². The molecule has 0 aliphatic rings. The third-order valence-corrected chi connectivity index (χ3v) is 3.19. The Bertz CT molecular complexity index is 674. The molecular formula is C12H7N3S. The van der Waals surface area contributed by atoms with E-state index in [1.165, 1.54) is 0 Å². The fraction of sp³-hybridized carbons (Fsp3) is 0.